The first-order valence-corrected chi connectivity index (χ1v) is 5.39. The van der Waals surface area contributed by atoms with E-state index < -0.39 is 6.03 Å². The molecule has 0 spiro atoms. The Kier molecular flexibility index (Phi) is 4.55. The van der Waals surface area contributed by atoms with Gasteiger partial charge in [-0.15, -0.1) is 0 Å². The summed E-state index contributed by atoms with van der Waals surface area (Å²) in [4.78, 5) is 23.7. The lowest BCUT2D eigenvalue weighted by atomic mass is 10.2. The number of hydrogen-bond donors (Lipinski definition) is 2. The Morgan fingerprint density at radius 2 is 2.00 bits per heavy atom. The molecule has 0 aromatic carbocycles. The first kappa shape index (κ1) is 12.0. The molecular formula is C10H19N3O2. The second-order valence-electron chi connectivity index (χ2n) is 4.08. The standard InChI is InChI=1S/C10H19N3O2/c1-13(8-4-2-3-5-8)7-6-9(14)12-10(11)15/h8H,2-7H2,1H3,(H3,11,12,14,15). The van der Waals surface area contributed by atoms with Crippen LogP contribution in [0.25, 0.3) is 0 Å². The summed E-state index contributed by atoms with van der Waals surface area (Å²) in [7, 11) is 2.02. The van der Waals surface area contributed by atoms with Crippen LogP contribution in [0.2, 0.25) is 0 Å². The Labute approximate surface area is 90.0 Å². The molecule has 1 aliphatic rings. The van der Waals surface area contributed by atoms with E-state index in [4.69, 9.17) is 5.73 Å². The molecule has 15 heavy (non-hydrogen) atoms. The SMILES string of the molecule is CN(CCC(=O)NC(N)=O)C1CCCC1. The van der Waals surface area contributed by atoms with Crippen molar-refractivity contribution in [2.75, 3.05) is 13.6 Å². The number of imide groups is 1. The van der Waals surface area contributed by atoms with Gasteiger partial charge in [-0.1, -0.05) is 12.8 Å². The van der Waals surface area contributed by atoms with Crippen molar-refractivity contribution >= 4 is 11.9 Å². The number of amides is 3. The van der Waals surface area contributed by atoms with E-state index in [0.29, 0.717) is 19.0 Å². The highest BCUT2D eigenvalue weighted by molar-refractivity contribution is 5.93. The van der Waals surface area contributed by atoms with Gasteiger partial charge in [-0.3, -0.25) is 10.1 Å². The average molecular weight is 213 g/mol. The lowest BCUT2D eigenvalue weighted by Crippen LogP contribution is -2.38. The topological polar surface area (TPSA) is 75.4 Å². The fraction of sp³-hybridized carbons (Fsp3) is 0.800. The summed E-state index contributed by atoms with van der Waals surface area (Å²) in [5.74, 6) is -0.299. The highest BCUT2D eigenvalue weighted by Crippen LogP contribution is 2.22. The van der Waals surface area contributed by atoms with Gasteiger partial charge in [0.2, 0.25) is 5.91 Å². The lowest BCUT2D eigenvalue weighted by molar-refractivity contribution is -0.120. The van der Waals surface area contributed by atoms with Crippen LogP contribution >= 0.6 is 0 Å². The van der Waals surface area contributed by atoms with Crippen molar-refractivity contribution in [3.8, 4) is 0 Å². The monoisotopic (exact) mass is 213 g/mol. The maximum absolute atomic E-state index is 11.1. The molecule has 0 radical (unpaired) electrons. The highest BCUT2D eigenvalue weighted by Gasteiger charge is 2.19. The number of rotatable bonds is 4. The molecule has 0 aliphatic heterocycles. The Bertz CT molecular complexity index is 237. The number of hydrogen-bond acceptors (Lipinski definition) is 3. The quantitative estimate of drug-likeness (QED) is 0.711. The Hall–Kier alpha value is -1.10. The number of primary amides is 1. The van der Waals surface area contributed by atoms with E-state index in [1.54, 1.807) is 0 Å². The zero-order valence-electron chi connectivity index (χ0n) is 9.16. The van der Waals surface area contributed by atoms with Crippen molar-refractivity contribution in [3.05, 3.63) is 0 Å². The lowest BCUT2D eigenvalue weighted by Gasteiger charge is -2.23. The minimum Gasteiger partial charge on any atom is -0.351 e. The minimum atomic E-state index is -0.775. The van der Waals surface area contributed by atoms with Gasteiger partial charge in [-0.2, -0.15) is 0 Å². The van der Waals surface area contributed by atoms with Crippen LogP contribution in [-0.2, 0) is 4.79 Å². The van der Waals surface area contributed by atoms with Gasteiger partial charge in [-0.05, 0) is 19.9 Å². The van der Waals surface area contributed by atoms with E-state index >= 15 is 0 Å². The van der Waals surface area contributed by atoms with Gasteiger partial charge in [0.1, 0.15) is 0 Å². The normalized spacial score (nSPS) is 16.9. The van der Waals surface area contributed by atoms with Crippen molar-refractivity contribution in [3.63, 3.8) is 0 Å². The van der Waals surface area contributed by atoms with Gasteiger partial charge < -0.3 is 10.6 Å². The maximum atomic E-state index is 11.1. The van der Waals surface area contributed by atoms with Crippen molar-refractivity contribution in [2.45, 2.75) is 38.1 Å². The van der Waals surface area contributed by atoms with E-state index in [2.05, 4.69) is 10.2 Å². The molecule has 1 rings (SSSR count). The molecule has 86 valence electrons. The summed E-state index contributed by atoms with van der Waals surface area (Å²) < 4.78 is 0. The maximum Gasteiger partial charge on any atom is 0.318 e. The summed E-state index contributed by atoms with van der Waals surface area (Å²) in [6, 6.07) is -0.171. The summed E-state index contributed by atoms with van der Waals surface area (Å²) in [6.45, 7) is 0.684. The second-order valence-corrected chi connectivity index (χ2v) is 4.08. The van der Waals surface area contributed by atoms with Crippen LogP contribution < -0.4 is 11.1 Å². The zero-order chi connectivity index (χ0) is 11.3. The molecule has 0 bridgehead atoms. The molecule has 0 unspecified atom stereocenters. The van der Waals surface area contributed by atoms with Gasteiger partial charge in [0.15, 0.2) is 0 Å². The molecule has 3 amide bonds. The molecule has 0 atom stereocenters. The van der Waals surface area contributed by atoms with E-state index in [9.17, 15) is 9.59 Å². The van der Waals surface area contributed by atoms with Gasteiger partial charge in [0, 0.05) is 19.0 Å². The summed E-state index contributed by atoms with van der Waals surface area (Å²) in [5, 5.41) is 2.06. The number of carbonyl (C=O) groups is 2. The predicted molar refractivity (Wildman–Crippen MR) is 57.2 cm³/mol. The largest absolute Gasteiger partial charge is 0.351 e. The molecule has 5 nitrogen and oxygen atoms in total. The number of nitrogens with one attached hydrogen (secondary N) is 1. The molecule has 3 N–H and O–H groups in total. The molecule has 0 heterocycles. The fourth-order valence-electron chi connectivity index (χ4n) is 2.01. The van der Waals surface area contributed by atoms with Crippen molar-refractivity contribution in [1.82, 2.24) is 10.2 Å². The van der Waals surface area contributed by atoms with Crippen LogP contribution in [-0.4, -0.2) is 36.5 Å². The fourth-order valence-corrected chi connectivity index (χ4v) is 2.01. The van der Waals surface area contributed by atoms with Crippen LogP contribution in [0.5, 0.6) is 0 Å². The molecule has 1 fully saturated rings. The van der Waals surface area contributed by atoms with E-state index in [1.165, 1.54) is 25.7 Å². The molecular weight excluding hydrogens is 194 g/mol. The third-order valence-corrected chi connectivity index (χ3v) is 2.90. The average Bonchev–Trinajstić information content (AvgIpc) is 2.65. The van der Waals surface area contributed by atoms with E-state index in [-0.39, 0.29) is 5.91 Å². The summed E-state index contributed by atoms with van der Waals surface area (Å²) >= 11 is 0. The van der Waals surface area contributed by atoms with Crippen LogP contribution in [0, 0.1) is 0 Å². The Morgan fingerprint density at radius 3 is 2.53 bits per heavy atom. The predicted octanol–water partition coefficient (Wildman–Crippen LogP) is 0.446. The van der Waals surface area contributed by atoms with E-state index in [0.717, 1.165) is 0 Å². The smallest absolute Gasteiger partial charge is 0.318 e. The molecule has 5 heteroatoms. The van der Waals surface area contributed by atoms with Gasteiger partial charge in [0.25, 0.3) is 0 Å². The van der Waals surface area contributed by atoms with Gasteiger partial charge in [0.05, 0.1) is 0 Å². The van der Waals surface area contributed by atoms with Crippen LogP contribution in [0.4, 0.5) is 4.79 Å². The number of carbonyl (C=O) groups excluding carboxylic acids is 2. The molecule has 0 saturated heterocycles. The van der Waals surface area contributed by atoms with Crippen molar-refractivity contribution in [1.29, 1.82) is 0 Å². The second kappa shape index (κ2) is 5.70. The molecule has 1 aliphatic carbocycles. The number of nitrogens with zero attached hydrogens (tertiary/aromatic N) is 1. The molecule has 1 saturated carbocycles. The summed E-state index contributed by atoms with van der Waals surface area (Å²) in [6.07, 6.45) is 5.32. The molecule has 0 aromatic heterocycles. The van der Waals surface area contributed by atoms with Crippen LogP contribution in [0.15, 0.2) is 0 Å². The van der Waals surface area contributed by atoms with Crippen molar-refractivity contribution < 1.29 is 9.59 Å². The van der Waals surface area contributed by atoms with Gasteiger partial charge >= 0.3 is 6.03 Å². The Morgan fingerprint density at radius 1 is 1.40 bits per heavy atom. The first-order chi connectivity index (χ1) is 7.09. The van der Waals surface area contributed by atoms with Gasteiger partial charge in [-0.25, -0.2) is 4.79 Å². The number of urea groups is 1. The zero-order valence-corrected chi connectivity index (χ0v) is 9.16. The summed E-state index contributed by atoms with van der Waals surface area (Å²) in [5.41, 5.74) is 4.84. The van der Waals surface area contributed by atoms with E-state index in [1.807, 2.05) is 7.05 Å². The van der Waals surface area contributed by atoms with Crippen LogP contribution in [0.3, 0.4) is 0 Å². The van der Waals surface area contributed by atoms with Crippen molar-refractivity contribution in [2.24, 2.45) is 5.73 Å². The number of nitrogens with two attached hydrogens (primary N) is 1. The third kappa shape index (κ3) is 4.29. The molecule has 0 aromatic rings. The highest BCUT2D eigenvalue weighted by atomic mass is 16.2. The first-order valence-electron chi connectivity index (χ1n) is 5.39. The van der Waals surface area contributed by atoms with Crippen LogP contribution in [0.1, 0.15) is 32.1 Å². The third-order valence-electron chi connectivity index (χ3n) is 2.90. The Balaban J connectivity index is 2.18. The minimum absolute atomic E-state index is 0.299.